The topological polar surface area (TPSA) is 58.7 Å². The van der Waals surface area contributed by atoms with E-state index < -0.39 is 0 Å². The van der Waals surface area contributed by atoms with Crippen LogP contribution in [0, 0.1) is 0 Å². The monoisotopic (exact) mass is 276 g/mol. The van der Waals surface area contributed by atoms with Gasteiger partial charge in [-0.25, -0.2) is 0 Å². The quantitative estimate of drug-likeness (QED) is 0.878. The lowest BCUT2D eigenvalue weighted by atomic mass is 9.94. The maximum Gasteiger partial charge on any atom is 0.119 e. The van der Waals surface area contributed by atoms with E-state index in [1.54, 1.807) is 7.11 Å². The lowest BCUT2D eigenvalue weighted by molar-refractivity contribution is 0.0115. The summed E-state index contributed by atoms with van der Waals surface area (Å²) in [7, 11) is 1.69. The molecule has 0 spiro atoms. The number of hydrogen-bond acceptors (Lipinski definition) is 4. The highest BCUT2D eigenvalue weighted by Crippen LogP contribution is 2.41. The molecule has 0 aliphatic carbocycles. The molecule has 3 unspecified atom stereocenters. The SMILES string of the molecule is COc1cccc(C(CN)N2C3CCC2CC(O)C3)c1. The van der Waals surface area contributed by atoms with Crippen LogP contribution < -0.4 is 10.5 Å². The van der Waals surface area contributed by atoms with Gasteiger partial charge in [0, 0.05) is 24.7 Å². The van der Waals surface area contributed by atoms with Gasteiger partial charge < -0.3 is 15.6 Å². The second-order valence-corrected chi connectivity index (χ2v) is 5.99. The van der Waals surface area contributed by atoms with Crippen LogP contribution in [0.25, 0.3) is 0 Å². The Kier molecular flexibility index (Phi) is 3.96. The van der Waals surface area contributed by atoms with Crippen molar-refractivity contribution in [2.24, 2.45) is 5.73 Å². The molecule has 1 aromatic rings. The first-order valence-corrected chi connectivity index (χ1v) is 7.52. The van der Waals surface area contributed by atoms with E-state index >= 15 is 0 Å². The number of ether oxygens (including phenoxy) is 1. The summed E-state index contributed by atoms with van der Waals surface area (Å²) in [6, 6.07) is 9.39. The summed E-state index contributed by atoms with van der Waals surface area (Å²) in [5.74, 6) is 0.880. The van der Waals surface area contributed by atoms with E-state index in [0.29, 0.717) is 18.6 Å². The van der Waals surface area contributed by atoms with Gasteiger partial charge in [-0.2, -0.15) is 0 Å². The third kappa shape index (κ3) is 2.43. The van der Waals surface area contributed by atoms with Crippen LogP contribution in [0.4, 0.5) is 0 Å². The van der Waals surface area contributed by atoms with Gasteiger partial charge in [-0.15, -0.1) is 0 Å². The number of aliphatic hydroxyl groups excluding tert-OH is 1. The third-order valence-electron chi connectivity index (χ3n) is 4.83. The zero-order chi connectivity index (χ0) is 14.1. The molecule has 0 saturated carbocycles. The number of nitrogens with two attached hydrogens (primary N) is 1. The Balaban J connectivity index is 1.86. The van der Waals surface area contributed by atoms with Crippen molar-refractivity contribution in [3.05, 3.63) is 29.8 Å². The first-order chi connectivity index (χ1) is 9.72. The minimum atomic E-state index is -0.132. The van der Waals surface area contributed by atoms with Gasteiger partial charge in [0.15, 0.2) is 0 Å². The maximum atomic E-state index is 9.94. The van der Waals surface area contributed by atoms with E-state index in [0.717, 1.165) is 18.6 Å². The molecule has 2 saturated heterocycles. The zero-order valence-corrected chi connectivity index (χ0v) is 12.0. The molecule has 2 fully saturated rings. The van der Waals surface area contributed by atoms with E-state index in [1.165, 1.54) is 18.4 Å². The van der Waals surface area contributed by atoms with Crippen molar-refractivity contribution in [3.8, 4) is 5.75 Å². The average Bonchev–Trinajstić information content (AvgIpc) is 2.72. The summed E-state index contributed by atoms with van der Waals surface area (Å²) in [6.07, 6.45) is 4.01. The summed E-state index contributed by atoms with van der Waals surface area (Å²) >= 11 is 0. The highest BCUT2D eigenvalue weighted by Gasteiger charge is 2.43. The van der Waals surface area contributed by atoms with E-state index in [1.807, 2.05) is 12.1 Å². The Morgan fingerprint density at radius 2 is 2.05 bits per heavy atom. The van der Waals surface area contributed by atoms with E-state index in [-0.39, 0.29) is 12.1 Å². The van der Waals surface area contributed by atoms with Crippen LogP contribution >= 0.6 is 0 Å². The first kappa shape index (κ1) is 13.9. The van der Waals surface area contributed by atoms with Gasteiger partial charge in [-0.3, -0.25) is 4.90 Å². The molecule has 4 heteroatoms. The molecule has 3 N–H and O–H groups in total. The number of aliphatic hydroxyl groups is 1. The minimum Gasteiger partial charge on any atom is -0.497 e. The number of nitrogens with zero attached hydrogens (tertiary/aromatic N) is 1. The van der Waals surface area contributed by atoms with E-state index in [4.69, 9.17) is 10.5 Å². The Hall–Kier alpha value is -1.10. The Morgan fingerprint density at radius 1 is 1.35 bits per heavy atom. The van der Waals surface area contributed by atoms with Gasteiger partial charge >= 0.3 is 0 Å². The fourth-order valence-electron chi connectivity index (χ4n) is 3.97. The largest absolute Gasteiger partial charge is 0.497 e. The predicted octanol–water partition coefficient (Wildman–Crippen LogP) is 1.68. The van der Waals surface area contributed by atoms with Crippen molar-refractivity contribution in [2.75, 3.05) is 13.7 Å². The van der Waals surface area contributed by atoms with Crippen molar-refractivity contribution < 1.29 is 9.84 Å². The second kappa shape index (κ2) is 5.72. The number of benzene rings is 1. The van der Waals surface area contributed by atoms with Crippen LogP contribution in [0.3, 0.4) is 0 Å². The summed E-state index contributed by atoms with van der Waals surface area (Å²) in [5, 5.41) is 9.94. The standard InChI is InChI=1S/C16H24N2O2/c1-20-15-4-2-3-11(7-15)16(10-17)18-12-5-6-13(18)9-14(19)8-12/h2-4,7,12-14,16,19H,5-6,8-10,17H2,1H3. The first-order valence-electron chi connectivity index (χ1n) is 7.52. The molecule has 110 valence electrons. The molecular weight excluding hydrogens is 252 g/mol. The normalized spacial score (nSPS) is 31.2. The highest BCUT2D eigenvalue weighted by molar-refractivity contribution is 5.31. The van der Waals surface area contributed by atoms with Gasteiger partial charge in [0.05, 0.1) is 13.2 Å². The molecular formula is C16H24N2O2. The molecule has 3 rings (SSSR count). The Morgan fingerprint density at radius 3 is 2.65 bits per heavy atom. The summed E-state index contributed by atoms with van der Waals surface area (Å²) in [4.78, 5) is 2.54. The smallest absolute Gasteiger partial charge is 0.119 e. The Labute approximate surface area is 120 Å². The zero-order valence-electron chi connectivity index (χ0n) is 12.0. The van der Waals surface area contributed by atoms with Crippen LogP contribution in [-0.4, -0.2) is 41.8 Å². The lowest BCUT2D eigenvalue weighted by Gasteiger charge is -2.42. The molecule has 0 aromatic heterocycles. The van der Waals surface area contributed by atoms with Crippen LogP contribution in [0.2, 0.25) is 0 Å². The minimum absolute atomic E-state index is 0.132. The average molecular weight is 276 g/mol. The molecule has 2 aliphatic heterocycles. The van der Waals surface area contributed by atoms with E-state index in [2.05, 4.69) is 17.0 Å². The van der Waals surface area contributed by atoms with Crippen molar-refractivity contribution in [2.45, 2.75) is 49.9 Å². The fourth-order valence-corrected chi connectivity index (χ4v) is 3.97. The molecule has 0 radical (unpaired) electrons. The summed E-state index contributed by atoms with van der Waals surface area (Å²) in [6.45, 7) is 0.607. The van der Waals surface area contributed by atoms with Crippen molar-refractivity contribution in [1.82, 2.24) is 4.90 Å². The van der Waals surface area contributed by atoms with Crippen molar-refractivity contribution in [1.29, 1.82) is 0 Å². The molecule has 2 heterocycles. The molecule has 0 amide bonds. The number of rotatable bonds is 4. The summed E-state index contributed by atoms with van der Waals surface area (Å²) in [5.41, 5.74) is 7.29. The molecule has 2 aliphatic rings. The van der Waals surface area contributed by atoms with Gasteiger partial charge in [0.25, 0.3) is 0 Å². The van der Waals surface area contributed by atoms with Crippen molar-refractivity contribution >= 4 is 0 Å². The number of methoxy groups -OCH3 is 1. The number of fused-ring (bicyclic) bond motifs is 2. The highest BCUT2D eigenvalue weighted by atomic mass is 16.5. The van der Waals surface area contributed by atoms with Gasteiger partial charge in [0.1, 0.15) is 5.75 Å². The summed E-state index contributed by atoms with van der Waals surface area (Å²) < 4.78 is 5.32. The van der Waals surface area contributed by atoms with E-state index in [9.17, 15) is 5.11 Å². The number of hydrogen-bond donors (Lipinski definition) is 2. The molecule has 2 bridgehead atoms. The predicted molar refractivity (Wildman–Crippen MR) is 78.7 cm³/mol. The van der Waals surface area contributed by atoms with Crippen LogP contribution in [0.15, 0.2) is 24.3 Å². The third-order valence-corrected chi connectivity index (χ3v) is 4.83. The number of piperidine rings is 1. The lowest BCUT2D eigenvalue weighted by Crippen LogP contribution is -2.48. The molecule has 4 nitrogen and oxygen atoms in total. The Bertz CT molecular complexity index is 452. The fraction of sp³-hybridized carbons (Fsp3) is 0.625. The molecule has 20 heavy (non-hydrogen) atoms. The van der Waals surface area contributed by atoms with Crippen LogP contribution in [0.1, 0.15) is 37.3 Å². The van der Waals surface area contributed by atoms with Crippen molar-refractivity contribution in [3.63, 3.8) is 0 Å². The maximum absolute atomic E-state index is 9.94. The second-order valence-electron chi connectivity index (χ2n) is 5.99. The molecule has 1 aromatic carbocycles. The van der Waals surface area contributed by atoms with Gasteiger partial charge in [0.2, 0.25) is 0 Å². The van der Waals surface area contributed by atoms with Gasteiger partial charge in [-0.1, -0.05) is 12.1 Å². The van der Waals surface area contributed by atoms with Crippen LogP contribution in [0.5, 0.6) is 5.75 Å². The van der Waals surface area contributed by atoms with Gasteiger partial charge in [-0.05, 0) is 43.4 Å². The van der Waals surface area contributed by atoms with Crippen LogP contribution in [-0.2, 0) is 0 Å². The molecule has 3 atom stereocenters.